The molecule has 4 fully saturated rings. The van der Waals surface area contributed by atoms with Crippen molar-refractivity contribution in [3.8, 4) is 0 Å². The molecule has 2 bridgehead atoms. The first-order chi connectivity index (χ1) is 19.5. The van der Waals surface area contributed by atoms with Gasteiger partial charge in [0.2, 0.25) is 17.7 Å². The smallest absolute Gasteiger partial charge is 0.353 e. The van der Waals surface area contributed by atoms with E-state index in [0.29, 0.717) is 42.1 Å². The topological polar surface area (TPSA) is 81.8 Å². The van der Waals surface area contributed by atoms with E-state index in [2.05, 4.69) is 10.6 Å². The van der Waals surface area contributed by atoms with Gasteiger partial charge in [-0.3, -0.25) is 19.3 Å². The normalized spacial score (nSPS) is 32.1. The molecule has 3 saturated heterocycles. The molecule has 12 heteroatoms. The van der Waals surface area contributed by atoms with Gasteiger partial charge in [0, 0.05) is 24.0 Å². The molecule has 7 nitrogen and oxygen atoms in total. The summed E-state index contributed by atoms with van der Waals surface area (Å²) in [5, 5.41) is 6.32. The van der Waals surface area contributed by atoms with Crippen LogP contribution in [0.1, 0.15) is 70.3 Å². The summed E-state index contributed by atoms with van der Waals surface area (Å²) in [4.78, 5) is 42.0. The van der Waals surface area contributed by atoms with E-state index in [1.807, 2.05) is 6.92 Å². The van der Waals surface area contributed by atoms with E-state index < -0.39 is 53.2 Å². The number of hydrogen-bond donors (Lipinski definition) is 2. The Morgan fingerprint density at radius 1 is 0.927 bits per heavy atom. The molecule has 3 aliphatic heterocycles. The van der Waals surface area contributed by atoms with Crippen molar-refractivity contribution in [2.24, 2.45) is 17.8 Å². The van der Waals surface area contributed by atoms with Crippen LogP contribution in [0, 0.1) is 23.6 Å². The summed E-state index contributed by atoms with van der Waals surface area (Å²) >= 11 is 5.79. The van der Waals surface area contributed by atoms with E-state index in [0.717, 1.165) is 51.1 Å². The highest BCUT2D eigenvalue weighted by molar-refractivity contribution is 6.31. The van der Waals surface area contributed by atoms with Gasteiger partial charge in [0.25, 0.3) is 0 Å². The Kier molecular flexibility index (Phi) is 8.85. The molecule has 3 amide bonds. The van der Waals surface area contributed by atoms with Crippen molar-refractivity contribution in [3.05, 3.63) is 28.5 Å². The Morgan fingerprint density at radius 2 is 1.68 bits per heavy atom. The summed E-state index contributed by atoms with van der Waals surface area (Å²) in [5.74, 6) is -2.20. The van der Waals surface area contributed by atoms with Gasteiger partial charge >= 0.3 is 6.18 Å². The van der Waals surface area contributed by atoms with Gasteiger partial charge in [0.15, 0.2) is 5.82 Å². The van der Waals surface area contributed by atoms with E-state index in [9.17, 15) is 31.9 Å². The monoisotopic (exact) mass is 600 g/mol. The zero-order chi connectivity index (χ0) is 29.5. The van der Waals surface area contributed by atoms with E-state index in [1.54, 1.807) is 0 Å². The second-order valence-corrected chi connectivity index (χ2v) is 12.5. The van der Waals surface area contributed by atoms with Crippen molar-refractivity contribution in [1.82, 2.24) is 15.5 Å². The van der Waals surface area contributed by atoms with Crippen LogP contribution in [0.5, 0.6) is 0 Å². The average molecular weight is 601 g/mol. The Labute approximate surface area is 242 Å². The summed E-state index contributed by atoms with van der Waals surface area (Å²) in [5.41, 5.74) is -2.37. The van der Waals surface area contributed by atoms with E-state index in [1.165, 1.54) is 4.90 Å². The molecular weight excluding hydrogens is 564 g/mol. The van der Waals surface area contributed by atoms with Crippen molar-refractivity contribution < 1.29 is 31.9 Å². The SMILES string of the molecule is C[C@@H]1CCCC(N2CC(=O)N(c3c(C(F)(F)F)ccc(Cl)c3F)CC2=O)C2CC(CCN2)C2CCCCC2NC1=O. The molecule has 1 saturated carbocycles. The minimum Gasteiger partial charge on any atom is -0.353 e. The lowest BCUT2D eigenvalue weighted by Crippen LogP contribution is -2.63. The third kappa shape index (κ3) is 6.21. The highest BCUT2D eigenvalue weighted by atomic mass is 35.5. The maximum absolute atomic E-state index is 15.0. The summed E-state index contributed by atoms with van der Waals surface area (Å²) in [7, 11) is 0. The number of carbonyl (C=O) groups excluding carboxylic acids is 3. The van der Waals surface area contributed by atoms with Crippen LogP contribution in [0.15, 0.2) is 12.1 Å². The Balaban J connectivity index is 1.42. The number of piperazine rings is 1. The summed E-state index contributed by atoms with van der Waals surface area (Å²) in [6.45, 7) is 1.47. The van der Waals surface area contributed by atoms with E-state index >= 15 is 0 Å². The molecular formula is C29H37ClF4N4O3. The van der Waals surface area contributed by atoms with Crippen LogP contribution in [0.2, 0.25) is 5.02 Å². The quantitative estimate of drug-likeness (QED) is 0.473. The summed E-state index contributed by atoms with van der Waals surface area (Å²) in [6, 6.07) is 1.07. The number of anilines is 1. The highest BCUT2D eigenvalue weighted by Crippen LogP contribution is 2.42. The lowest BCUT2D eigenvalue weighted by atomic mass is 9.70. The predicted molar refractivity (Wildman–Crippen MR) is 146 cm³/mol. The lowest BCUT2D eigenvalue weighted by molar-refractivity contribution is -0.143. The highest BCUT2D eigenvalue weighted by Gasteiger charge is 2.45. The fraction of sp³-hybridized carbons (Fsp3) is 0.690. The second kappa shape index (κ2) is 12.1. The number of rotatable bonds is 2. The molecule has 0 aromatic heterocycles. The number of piperidine rings is 1. The van der Waals surface area contributed by atoms with Gasteiger partial charge in [-0.15, -0.1) is 0 Å². The maximum atomic E-state index is 15.0. The molecule has 1 aromatic rings. The van der Waals surface area contributed by atoms with Gasteiger partial charge in [0.1, 0.15) is 13.1 Å². The first kappa shape index (κ1) is 30.1. The molecule has 5 rings (SSSR count). The van der Waals surface area contributed by atoms with Crippen LogP contribution in [-0.4, -0.2) is 60.4 Å². The molecule has 0 spiro atoms. The summed E-state index contributed by atoms with van der Waals surface area (Å²) < 4.78 is 56.2. The van der Waals surface area contributed by atoms with Crippen molar-refractivity contribution in [2.75, 3.05) is 24.5 Å². The number of halogens is 5. The number of carbonyl (C=O) groups is 3. The van der Waals surface area contributed by atoms with E-state index in [4.69, 9.17) is 11.6 Å². The van der Waals surface area contributed by atoms with E-state index in [-0.39, 0.29) is 30.0 Å². The Bertz CT molecular complexity index is 1180. The van der Waals surface area contributed by atoms with Crippen LogP contribution in [0.3, 0.4) is 0 Å². The van der Waals surface area contributed by atoms with Crippen LogP contribution in [0.4, 0.5) is 23.2 Å². The first-order valence-corrected chi connectivity index (χ1v) is 15.0. The fourth-order valence-corrected chi connectivity index (χ4v) is 7.55. The number of benzene rings is 1. The number of fused-ring (bicyclic) bond motifs is 4. The zero-order valence-electron chi connectivity index (χ0n) is 23.1. The largest absolute Gasteiger partial charge is 0.418 e. The molecule has 41 heavy (non-hydrogen) atoms. The molecule has 3 heterocycles. The van der Waals surface area contributed by atoms with Crippen molar-refractivity contribution >= 4 is 35.0 Å². The fourth-order valence-electron chi connectivity index (χ4n) is 7.40. The third-order valence-electron chi connectivity index (χ3n) is 9.55. The third-order valence-corrected chi connectivity index (χ3v) is 9.84. The van der Waals surface area contributed by atoms with Crippen LogP contribution in [0.25, 0.3) is 0 Å². The minimum atomic E-state index is -4.95. The van der Waals surface area contributed by atoms with Gasteiger partial charge in [0.05, 0.1) is 16.3 Å². The molecule has 0 radical (unpaired) electrons. The Hall–Kier alpha value is -2.40. The second-order valence-electron chi connectivity index (χ2n) is 12.1. The van der Waals surface area contributed by atoms with Crippen LogP contribution >= 0.6 is 11.6 Å². The molecule has 1 aromatic carbocycles. The predicted octanol–water partition coefficient (Wildman–Crippen LogP) is 4.90. The van der Waals surface area contributed by atoms with Crippen molar-refractivity contribution in [3.63, 3.8) is 0 Å². The van der Waals surface area contributed by atoms with Crippen molar-refractivity contribution in [1.29, 1.82) is 0 Å². The number of nitrogens with zero attached hydrogens (tertiary/aromatic N) is 2. The van der Waals surface area contributed by atoms with Gasteiger partial charge in [-0.2, -0.15) is 13.2 Å². The molecule has 226 valence electrons. The molecule has 6 atom stereocenters. The number of alkyl halides is 3. The molecule has 2 N–H and O–H groups in total. The number of nitrogens with one attached hydrogen (secondary N) is 2. The van der Waals surface area contributed by atoms with Crippen LogP contribution in [-0.2, 0) is 20.6 Å². The average Bonchev–Trinajstić information content (AvgIpc) is 2.93. The van der Waals surface area contributed by atoms with Gasteiger partial charge in [-0.1, -0.05) is 37.8 Å². The minimum absolute atomic E-state index is 0.0494. The van der Waals surface area contributed by atoms with Gasteiger partial charge in [-0.25, -0.2) is 4.39 Å². The van der Waals surface area contributed by atoms with Gasteiger partial charge in [-0.05, 0) is 69.0 Å². The lowest BCUT2D eigenvalue weighted by Gasteiger charge is -2.47. The molecule has 4 aliphatic rings. The van der Waals surface area contributed by atoms with Gasteiger partial charge < -0.3 is 15.5 Å². The number of hydrogen-bond acceptors (Lipinski definition) is 4. The molecule has 1 aliphatic carbocycles. The Morgan fingerprint density at radius 3 is 2.44 bits per heavy atom. The molecule has 5 unspecified atom stereocenters. The van der Waals surface area contributed by atoms with Crippen molar-refractivity contribution in [2.45, 2.75) is 89.0 Å². The first-order valence-electron chi connectivity index (χ1n) is 14.6. The maximum Gasteiger partial charge on any atom is 0.418 e. The zero-order valence-corrected chi connectivity index (χ0v) is 23.9. The number of amides is 3. The van der Waals surface area contributed by atoms with Crippen LogP contribution < -0.4 is 15.5 Å². The summed E-state index contributed by atoms with van der Waals surface area (Å²) in [6.07, 6.45) is 2.74. The standard InChI is InChI=1S/C29H37ClF4N4O3/c1-16-5-4-8-23(22-13-17(11-12-35-22)18-6-2-3-7-21(18)36-28(16)41)37-14-25(40)38(15-24(37)39)27-19(29(32,33)34)9-10-20(30)26(27)31/h9-10,16-18,21-23,35H,2-8,11-15H2,1H3,(H,36,41)/t16-,17?,18?,21?,22?,23?/m1/s1.